The van der Waals surface area contributed by atoms with Crippen molar-refractivity contribution in [3.63, 3.8) is 0 Å². The van der Waals surface area contributed by atoms with Crippen molar-refractivity contribution < 1.29 is 14.3 Å². The molecule has 1 unspecified atom stereocenters. The van der Waals surface area contributed by atoms with Crippen molar-refractivity contribution >= 4 is 23.4 Å². The number of nitrogens with two attached hydrogens (primary N) is 1. The minimum absolute atomic E-state index is 0.218. The van der Waals surface area contributed by atoms with Crippen LogP contribution in [0, 0.1) is 11.3 Å². The molecule has 7 heteroatoms. The van der Waals surface area contributed by atoms with Crippen molar-refractivity contribution in [2.45, 2.75) is 24.7 Å². The van der Waals surface area contributed by atoms with E-state index in [1.807, 2.05) is 55.5 Å². The van der Waals surface area contributed by atoms with E-state index in [9.17, 15) is 10.1 Å². The number of hydrogen-bond donors (Lipinski definition) is 1. The SMILES string of the molecule is CCOC(=O)C1=C(N)N2C(=C(C#N)C1c1ccc(OCC)cc1)Sc1ccccc12. The van der Waals surface area contributed by atoms with Gasteiger partial charge in [0.1, 0.15) is 16.6 Å². The number of esters is 1. The average Bonchev–Trinajstić information content (AvgIpc) is 3.14. The van der Waals surface area contributed by atoms with Gasteiger partial charge in [-0.1, -0.05) is 36.0 Å². The van der Waals surface area contributed by atoms with Gasteiger partial charge in [-0.2, -0.15) is 5.26 Å². The Morgan fingerprint density at radius 3 is 2.57 bits per heavy atom. The molecule has 0 amide bonds. The molecule has 0 spiro atoms. The highest BCUT2D eigenvalue weighted by atomic mass is 32.2. The molecular formula is C23H21N3O3S. The Morgan fingerprint density at radius 2 is 1.90 bits per heavy atom. The van der Waals surface area contributed by atoms with Crippen LogP contribution in [0.5, 0.6) is 5.75 Å². The summed E-state index contributed by atoms with van der Waals surface area (Å²) in [7, 11) is 0. The molecule has 0 bridgehead atoms. The van der Waals surface area contributed by atoms with Crippen molar-refractivity contribution in [2.24, 2.45) is 5.73 Å². The van der Waals surface area contributed by atoms with Crippen LogP contribution in [0.1, 0.15) is 25.3 Å². The third-order valence-electron chi connectivity index (χ3n) is 4.98. The van der Waals surface area contributed by atoms with E-state index in [1.54, 1.807) is 11.8 Å². The molecule has 6 nitrogen and oxygen atoms in total. The molecule has 2 aromatic rings. The molecule has 152 valence electrons. The standard InChI is InChI=1S/C23H21N3O3S/c1-3-28-15-11-9-14(10-12-15)19-16(13-24)22-26(17-7-5-6-8-18(17)30-22)21(25)20(19)23(27)29-4-2/h5-12,19H,3-4,25H2,1-2H3. The minimum Gasteiger partial charge on any atom is -0.494 e. The van der Waals surface area contributed by atoms with Crippen molar-refractivity contribution in [3.05, 3.63) is 76.1 Å². The number of fused-ring (bicyclic) bond motifs is 3. The van der Waals surface area contributed by atoms with Crippen LogP contribution in [0.25, 0.3) is 0 Å². The number of thioether (sulfide) groups is 1. The number of nitrogens with zero attached hydrogens (tertiary/aromatic N) is 2. The van der Waals surface area contributed by atoms with Crippen molar-refractivity contribution in [3.8, 4) is 11.8 Å². The zero-order chi connectivity index (χ0) is 21.3. The van der Waals surface area contributed by atoms with E-state index in [-0.39, 0.29) is 12.2 Å². The second kappa shape index (κ2) is 8.17. The number of hydrogen-bond acceptors (Lipinski definition) is 7. The highest BCUT2D eigenvalue weighted by Gasteiger charge is 2.43. The molecule has 2 aliphatic rings. The molecule has 1 atom stereocenters. The smallest absolute Gasteiger partial charge is 0.338 e. The maximum absolute atomic E-state index is 13.0. The van der Waals surface area contributed by atoms with E-state index in [0.29, 0.717) is 18.0 Å². The third kappa shape index (κ3) is 3.19. The van der Waals surface area contributed by atoms with Crippen LogP contribution < -0.4 is 15.4 Å². The summed E-state index contributed by atoms with van der Waals surface area (Å²) >= 11 is 1.49. The molecule has 0 fully saturated rings. The van der Waals surface area contributed by atoms with Gasteiger partial charge >= 0.3 is 5.97 Å². The Labute approximate surface area is 179 Å². The largest absolute Gasteiger partial charge is 0.494 e. The van der Waals surface area contributed by atoms with Gasteiger partial charge in [0, 0.05) is 4.90 Å². The lowest BCUT2D eigenvalue weighted by atomic mass is 9.83. The molecule has 2 aliphatic heterocycles. The zero-order valence-electron chi connectivity index (χ0n) is 16.7. The zero-order valence-corrected chi connectivity index (χ0v) is 17.5. The molecule has 0 aliphatic carbocycles. The fourth-order valence-corrected chi connectivity index (χ4v) is 4.92. The summed E-state index contributed by atoms with van der Waals surface area (Å²) in [5, 5.41) is 10.8. The predicted octanol–water partition coefficient (Wildman–Crippen LogP) is 4.26. The number of carbonyl (C=O) groups is 1. The Bertz CT molecular complexity index is 1100. The van der Waals surface area contributed by atoms with Gasteiger partial charge in [-0.05, 0) is 43.7 Å². The molecule has 0 aromatic heterocycles. The van der Waals surface area contributed by atoms with Gasteiger partial charge in [0.15, 0.2) is 0 Å². The van der Waals surface area contributed by atoms with Crippen molar-refractivity contribution in [2.75, 3.05) is 18.1 Å². The molecule has 30 heavy (non-hydrogen) atoms. The van der Waals surface area contributed by atoms with Gasteiger partial charge in [0.25, 0.3) is 0 Å². The summed E-state index contributed by atoms with van der Waals surface area (Å²) < 4.78 is 10.9. The average molecular weight is 420 g/mol. The molecule has 2 N–H and O–H groups in total. The first kappa shape index (κ1) is 19.9. The molecule has 4 rings (SSSR count). The van der Waals surface area contributed by atoms with E-state index >= 15 is 0 Å². The highest BCUT2D eigenvalue weighted by molar-refractivity contribution is 8.03. The van der Waals surface area contributed by atoms with Gasteiger partial charge in [0.05, 0.1) is 42.0 Å². The van der Waals surface area contributed by atoms with Gasteiger partial charge in [-0.25, -0.2) is 4.79 Å². The summed E-state index contributed by atoms with van der Waals surface area (Å²) in [6.07, 6.45) is 0. The molecule has 0 saturated carbocycles. The lowest BCUT2D eigenvalue weighted by Gasteiger charge is -2.33. The Balaban J connectivity index is 1.90. The number of allylic oxidation sites excluding steroid dienone is 1. The van der Waals surface area contributed by atoms with E-state index < -0.39 is 11.9 Å². The van der Waals surface area contributed by atoms with Crippen LogP contribution in [0.2, 0.25) is 0 Å². The van der Waals surface area contributed by atoms with Crippen LogP contribution in [0.15, 0.2) is 75.4 Å². The van der Waals surface area contributed by atoms with Crippen LogP contribution in [0.3, 0.4) is 0 Å². The van der Waals surface area contributed by atoms with Crippen molar-refractivity contribution in [1.82, 2.24) is 0 Å². The van der Waals surface area contributed by atoms with Crippen LogP contribution >= 0.6 is 11.8 Å². The quantitative estimate of drug-likeness (QED) is 0.724. The van der Waals surface area contributed by atoms with E-state index in [0.717, 1.165) is 26.9 Å². The third-order valence-corrected chi connectivity index (χ3v) is 6.14. The number of rotatable bonds is 5. The molecule has 2 heterocycles. The number of benzene rings is 2. The summed E-state index contributed by atoms with van der Waals surface area (Å²) in [5.74, 6) is -0.117. The minimum atomic E-state index is -0.613. The molecule has 2 aromatic carbocycles. The number of ether oxygens (including phenoxy) is 2. The Morgan fingerprint density at radius 1 is 1.17 bits per heavy atom. The topological polar surface area (TPSA) is 88.6 Å². The van der Waals surface area contributed by atoms with E-state index in [2.05, 4.69) is 6.07 Å². The predicted molar refractivity (Wildman–Crippen MR) is 116 cm³/mol. The molecular weight excluding hydrogens is 398 g/mol. The number of nitriles is 1. The van der Waals surface area contributed by atoms with Gasteiger partial charge < -0.3 is 15.2 Å². The first-order valence-electron chi connectivity index (χ1n) is 9.71. The van der Waals surface area contributed by atoms with Gasteiger partial charge in [-0.15, -0.1) is 0 Å². The fraction of sp³-hybridized carbons (Fsp3) is 0.217. The first-order valence-corrected chi connectivity index (χ1v) is 10.5. The lowest BCUT2D eigenvalue weighted by molar-refractivity contribution is -0.138. The normalized spacial score (nSPS) is 17.4. The number of para-hydroxylation sites is 1. The summed E-state index contributed by atoms with van der Waals surface area (Å²) in [6, 6.07) is 17.5. The Hall–Kier alpha value is -3.37. The fourth-order valence-electron chi connectivity index (χ4n) is 3.74. The maximum Gasteiger partial charge on any atom is 0.338 e. The second-order valence-electron chi connectivity index (χ2n) is 6.69. The van der Waals surface area contributed by atoms with Crippen LogP contribution in [0.4, 0.5) is 5.69 Å². The summed E-state index contributed by atoms with van der Waals surface area (Å²) in [5.41, 5.74) is 8.94. The van der Waals surface area contributed by atoms with Gasteiger partial charge in [0.2, 0.25) is 0 Å². The van der Waals surface area contributed by atoms with Gasteiger partial charge in [-0.3, -0.25) is 4.90 Å². The lowest BCUT2D eigenvalue weighted by Crippen LogP contribution is -2.35. The first-order chi connectivity index (χ1) is 14.6. The number of anilines is 1. The Kier molecular flexibility index (Phi) is 5.42. The maximum atomic E-state index is 13.0. The van der Waals surface area contributed by atoms with E-state index in [1.165, 1.54) is 11.8 Å². The second-order valence-corrected chi connectivity index (χ2v) is 7.72. The van der Waals surface area contributed by atoms with Crippen molar-refractivity contribution in [1.29, 1.82) is 5.26 Å². The summed E-state index contributed by atoms with van der Waals surface area (Å²) in [4.78, 5) is 15.7. The van der Waals surface area contributed by atoms with Crippen LogP contribution in [-0.4, -0.2) is 19.2 Å². The molecule has 0 saturated heterocycles. The van der Waals surface area contributed by atoms with Crippen LogP contribution in [-0.2, 0) is 9.53 Å². The molecule has 0 radical (unpaired) electrons. The summed E-state index contributed by atoms with van der Waals surface area (Å²) in [6.45, 7) is 4.44. The number of carbonyl (C=O) groups excluding carboxylic acids is 1. The van der Waals surface area contributed by atoms with E-state index in [4.69, 9.17) is 15.2 Å². The monoisotopic (exact) mass is 419 g/mol. The highest BCUT2D eigenvalue weighted by Crippen LogP contribution is 2.54.